The number of rotatable bonds is 8. The summed E-state index contributed by atoms with van der Waals surface area (Å²) >= 11 is 1.54. The Bertz CT molecular complexity index is 1010. The van der Waals surface area contributed by atoms with Crippen LogP contribution in [-0.2, 0) is 17.8 Å². The summed E-state index contributed by atoms with van der Waals surface area (Å²) in [5.74, 6) is -0.0281. The lowest BCUT2D eigenvalue weighted by Gasteiger charge is -2.18. The van der Waals surface area contributed by atoms with Crippen molar-refractivity contribution >= 4 is 27.5 Å². The maximum absolute atomic E-state index is 12.7. The summed E-state index contributed by atoms with van der Waals surface area (Å²) < 4.78 is 1.55. The Balaban J connectivity index is 1.64. The second-order valence-corrected chi connectivity index (χ2v) is 8.40. The molecule has 0 saturated heterocycles. The van der Waals surface area contributed by atoms with Crippen molar-refractivity contribution in [2.24, 2.45) is 0 Å². The SMILES string of the molecule is CCCC(Cc1ccccc1)NC(=O)CCn1cnc2sc(C)c(C)c2c1=O. The van der Waals surface area contributed by atoms with E-state index in [-0.39, 0.29) is 23.9 Å². The van der Waals surface area contributed by atoms with E-state index in [1.165, 1.54) is 16.9 Å². The number of nitrogens with one attached hydrogen (secondary N) is 1. The topological polar surface area (TPSA) is 64.0 Å². The summed E-state index contributed by atoms with van der Waals surface area (Å²) in [6.07, 6.45) is 4.59. The van der Waals surface area contributed by atoms with E-state index in [9.17, 15) is 9.59 Å². The molecular weight excluding hydrogens is 370 g/mol. The number of amides is 1. The average Bonchev–Trinajstić information content (AvgIpc) is 2.97. The molecule has 6 heteroatoms. The molecule has 0 radical (unpaired) electrons. The lowest BCUT2D eigenvalue weighted by Crippen LogP contribution is -2.37. The Kier molecular flexibility index (Phi) is 6.62. The van der Waals surface area contributed by atoms with Crippen LogP contribution in [0, 0.1) is 13.8 Å². The second kappa shape index (κ2) is 9.15. The third-order valence-electron chi connectivity index (χ3n) is 5.06. The van der Waals surface area contributed by atoms with Crippen LogP contribution in [0.25, 0.3) is 10.2 Å². The van der Waals surface area contributed by atoms with Gasteiger partial charge in [-0.25, -0.2) is 4.98 Å². The third-order valence-corrected chi connectivity index (χ3v) is 6.18. The van der Waals surface area contributed by atoms with Crippen molar-refractivity contribution in [2.45, 2.75) is 59.0 Å². The molecule has 5 nitrogen and oxygen atoms in total. The first-order valence-corrected chi connectivity index (χ1v) is 10.6. The first-order valence-electron chi connectivity index (χ1n) is 9.78. The number of benzene rings is 1. The average molecular weight is 398 g/mol. The van der Waals surface area contributed by atoms with E-state index >= 15 is 0 Å². The largest absolute Gasteiger partial charge is 0.353 e. The Morgan fingerprint density at radius 1 is 1.25 bits per heavy atom. The molecule has 28 heavy (non-hydrogen) atoms. The fourth-order valence-corrected chi connectivity index (χ4v) is 4.41. The molecule has 2 heterocycles. The zero-order valence-electron chi connectivity index (χ0n) is 16.7. The number of hydrogen-bond donors (Lipinski definition) is 1. The molecule has 2 aromatic heterocycles. The van der Waals surface area contributed by atoms with E-state index in [4.69, 9.17) is 0 Å². The fraction of sp³-hybridized carbons (Fsp3) is 0.409. The smallest absolute Gasteiger partial charge is 0.262 e. The predicted octanol–water partition coefficient (Wildman–Crippen LogP) is 3.99. The van der Waals surface area contributed by atoms with Crippen LogP contribution in [0.5, 0.6) is 0 Å². The van der Waals surface area contributed by atoms with Gasteiger partial charge in [0.2, 0.25) is 5.91 Å². The van der Waals surface area contributed by atoms with Gasteiger partial charge in [0.05, 0.1) is 11.7 Å². The molecule has 0 aliphatic rings. The molecule has 0 aliphatic heterocycles. The third kappa shape index (κ3) is 4.68. The van der Waals surface area contributed by atoms with E-state index in [2.05, 4.69) is 29.4 Å². The molecule has 1 amide bonds. The van der Waals surface area contributed by atoms with Gasteiger partial charge >= 0.3 is 0 Å². The van der Waals surface area contributed by atoms with Crippen LogP contribution in [-0.4, -0.2) is 21.5 Å². The summed E-state index contributed by atoms with van der Waals surface area (Å²) in [6.45, 7) is 6.41. The minimum atomic E-state index is -0.0611. The van der Waals surface area contributed by atoms with Crippen molar-refractivity contribution in [3.63, 3.8) is 0 Å². The van der Waals surface area contributed by atoms with Gasteiger partial charge in [0.25, 0.3) is 5.56 Å². The van der Waals surface area contributed by atoms with Crippen molar-refractivity contribution in [3.05, 3.63) is 63.0 Å². The number of carbonyl (C=O) groups excluding carboxylic acids is 1. The maximum atomic E-state index is 12.7. The van der Waals surface area contributed by atoms with Crippen LogP contribution in [0.2, 0.25) is 0 Å². The quantitative estimate of drug-likeness (QED) is 0.625. The Labute approximate surface area is 169 Å². The summed E-state index contributed by atoms with van der Waals surface area (Å²) in [5.41, 5.74) is 2.15. The molecule has 0 aliphatic carbocycles. The molecule has 0 bridgehead atoms. The van der Waals surface area contributed by atoms with Crippen molar-refractivity contribution in [1.82, 2.24) is 14.9 Å². The van der Waals surface area contributed by atoms with E-state index in [1.54, 1.807) is 10.9 Å². The molecule has 0 spiro atoms. The molecule has 1 N–H and O–H groups in total. The van der Waals surface area contributed by atoms with Gasteiger partial charge in [-0.3, -0.25) is 14.2 Å². The standard InChI is InChI=1S/C22H27N3O2S/c1-4-8-18(13-17-9-6-5-7-10-17)24-19(26)11-12-25-14-23-21-20(22(25)27)15(2)16(3)28-21/h5-7,9-10,14,18H,4,8,11-13H2,1-3H3,(H,24,26). The monoisotopic (exact) mass is 397 g/mol. The highest BCUT2D eigenvalue weighted by molar-refractivity contribution is 7.18. The molecule has 1 aromatic carbocycles. The summed E-state index contributed by atoms with van der Waals surface area (Å²) in [6, 6.07) is 10.3. The number of aromatic nitrogens is 2. The van der Waals surface area contributed by atoms with E-state index in [1.807, 2.05) is 32.0 Å². The summed E-state index contributed by atoms with van der Waals surface area (Å²) in [7, 11) is 0. The van der Waals surface area contributed by atoms with Crippen LogP contribution in [0.3, 0.4) is 0 Å². The lowest BCUT2D eigenvalue weighted by molar-refractivity contribution is -0.122. The van der Waals surface area contributed by atoms with Crippen molar-refractivity contribution in [1.29, 1.82) is 0 Å². The summed E-state index contributed by atoms with van der Waals surface area (Å²) in [4.78, 5) is 31.5. The second-order valence-electron chi connectivity index (χ2n) is 7.20. The van der Waals surface area contributed by atoms with Gasteiger partial charge in [0, 0.05) is 23.9 Å². The van der Waals surface area contributed by atoms with Crippen LogP contribution < -0.4 is 10.9 Å². The van der Waals surface area contributed by atoms with Crippen LogP contribution in [0.1, 0.15) is 42.2 Å². The fourth-order valence-electron chi connectivity index (χ4n) is 3.42. The minimum absolute atomic E-state index is 0.0281. The number of carbonyl (C=O) groups is 1. The zero-order chi connectivity index (χ0) is 20.1. The molecule has 0 fully saturated rings. The van der Waals surface area contributed by atoms with Crippen LogP contribution >= 0.6 is 11.3 Å². The normalized spacial score (nSPS) is 12.2. The van der Waals surface area contributed by atoms with Gasteiger partial charge in [-0.2, -0.15) is 0 Å². The molecule has 3 rings (SSSR count). The number of nitrogens with zero attached hydrogens (tertiary/aromatic N) is 2. The number of aryl methyl sites for hydroxylation is 3. The van der Waals surface area contributed by atoms with Crippen LogP contribution in [0.4, 0.5) is 0 Å². The number of hydrogen-bond acceptors (Lipinski definition) is 4. The Morgan fingerprint density at radius 3 is 2.71 bits per heavy atom. The lowest BCUT2D eigenvalue weighted by atomic mass is 10.0. The molecule has 1 unspecified atom stereocenters. The van der Waals surface area contributed by atoms with Gasteiger partial charge in [-0.1, -0.05) is 43.7 Å². The van der Waals surface area contributed by atoms with Crippen LogP contribution in [0.15, 0.2) is 41.5 Å². The van der Waals surface area contributed by atoms with Gasteiger partial charge in [0.15, 0.2) is 0 Å². The minimum Gasteiger partial charge on any atom is -0.353 e. The highest BCUT2D eigenvalue weighted by atomic mass is 32.1. The van der Waals surface area contributed by atoms with Crippen molar-refractivity contribution < 1.29 is 4.79 Å². The molecule has 1 atom stereocenters. The van der Waals surface area contributed by atoms with Gasteiger partial charge in [-0.15, -0.1) is 11.3 Å². The van der Waals surface area contributed by atoms with E-state index in [0.717, 1.165) is 34.5 Å². The molecular formula is C22H27N3O2S. The predicted molar refractivity (Wildman–Crippen MR) is 115 cm³/mol. The maximum Gasteiger partial charge on any atom is 0.262 e. The first kappa shape index (κ1) is 20.3. The molecule has 3 aromatic rings. The Hall–Kier alpha value is -2.47. The zero-order valence-corrected chi connectivity index (χ0v) is 17.5. The van der Waals surface area contributed by atoms with E-state index in [0.29, 0.717) is 11.9 Å². The first-order chi connectivity index (χ1) is 13.5. The Morgan fingerprint density at radius 2 is 2.00 bits per heavy atom. The van der Waals surface area contributed by atoms with E-state index < -0.39 is 0 Å². The number of fused-ring (bicyclic) bond motifs is 1. The van der Waals surface area contributed by atoms with Crippen molar-refractivity contribution in [2.75, 3.05) is 0 Å². The van der Waals surface area contributed by atoms with Crippen molar-refractivity contribution in [3.8, 4) is 0 Å². The number of thiophene rings is 1. The molecule has 0 saturated carbocycles. The van der Waals surface area contributed by atoms with Gasteiger partial charge in [-0.05, 0) is 37.8 Å². The highest BCUT2D eigenvalue weighted by Gasteiger charge is 2.15. The highest BCUT2D eigenvalue weighted by Crippen LogP contribution is 2.25. The molecule has 148 valence electrons. The van der Waals surface area contributed by atoms with Gasteiger partial charge in [0.1, 0.15) is 4.83 Å². The summed E-state index contributed by atoms with van der Waals surface area (Å²) in [5, 5.41) is 3.82. The van der Waals surface area contributed by atoms with Gasteiger partial charge < -0.3 is 5.32 Å².